The zero-order valence-electron chi connectivity index (χ0n) is 14.7. The summed E-state index contributed by atoms with van der Waals surface area (Å²) in [5, 5.41) is 12.0. The van der Waals surface area contributed by atoms with Crippen molar-refractivity contribution in [3.63, 3.8) is 0 Å². The summed E-state index contributed by atoms with van der Waals surface area (Å²) in [5.41, 5.74) is 0. The predicted octanol–water partition coefficient (Wildman–Crippen LogP) is 3.00. The van der Waals surface area contributed by atoms with E-state index in [1.165, 1.54) is 0 Å². The Morgan fingerprint density at radius 2 is 1.76 bits per heavy atom. The summed E-state index contributed by atoms with van der Waals surface area (Å²) in [6.45, 7) is 2.95. The second kappa shape index (κ2) is 9.91. The fourth-order valence-corrected chi connectivity index (χ4v) is 3.04. The smallest absolute Gasteiger partial charge is 0.306 e. The fraction of sp³-hybridized carbons (Fsp3) is 0.579. The maximum absolute atomic E-state index is 12.0. The number of para-hydroxylation sites is 2. The molecule has 0 saturated heterocycles. The molecule has 1 aromatic carbocycles. The summed E-state index contributed by atoms with van der Waals surface area (Å²) in [7, 11) is 0. The molecule has 25 heavy (non-hydrogen) atoms. The van der Waals surface area contributed by atoms with E-state index in [4.69, 9.17) is 14.6 Å². The number of carbonyl (C=O) groups is 2. The molecule has 1 aliphatic carbocycles. The highest BCUT2D eigenvalue weighted by molar-refractivity contribution is 5.76. The minimum atomic E-state index is -0.728. The van der Waals surface area contributed by atoms with E-state index in [9.17, 15) is 9.59 Å². The number of hydrogen-bond acceptors (Lipinski definition) is 4. The molecular formula is C19H27NO5. The van der Waals surface area contributed by atoms with E-state index < -0.39 is 5.97 Å². The highest BCUT2D eigenvalue weighted by Gasteiger charge is 2.26. The first-order valence-corrected chi connectivity index (χ1v) is 8.97. The van der Waals surface area contributed by atoms with E-state index >= 15 is 0 Å². The van der Waals surface area contributed by atoms with Crippen molar-refractivity contribution in [2.45, 2.75) is 51.5 Å². The molecule has 2 N–H and O–H groups in total. The zero-order chi connectivity index (χ0) is 18.1. The fourth-order valence-electron chi connectivity index (χ4n) is 3.04. The quantitative estimate of drug-likeness (QED) is 0.670. The Bertz CT molecular complexity index is 567. The summed E-state index contributed by atoms with van der Waals surface area (Å²) in [6, 6.07) is 7.59. The van der Waals surface area contributed by atoms with E-state index in [0.29, 0.717) is 50.4 Å². The van der Waals surface area contributed by atoms with Crippen LogP contribution in [0.3, 0.4) is 0 Å². The van der Waals surface area contributed by atoms with Crippen LogP contribution >= 0.6 is 0 Å². The van der Waals surface area contributed by atoms with Crippen LogP contribution in [0.2, 0.25) is 0 Å². The zero-order valence-corrected chi connectivity index (χ0v) is 14.7. The molecule has 1 fully saturated rings. The van der Waals surface area contributed by atoms with Gasteiger partial charge in [-0.1, -0.05) is 12.1 Å². The number of carboxylic acid groups (broad SMARTS) is 1. The third-order valence-corrected chi connectivity index (χ3v) is 4.40. The van der Waals surface area contributed by atoms with Crippen molar-refractivity contribution < 1.29 is 24.2 Å². The first-order valence-electron chi connectivity index (χ1n) is 8.97. The van der Waals surface area contributed by atoms with Crippen LogP contribution in [0.15, 0.2) is 24.3 Å². The summed E-state index contributed by atoms with van der Waals surface area (Å²) < 4.78 is 11.2. The molecule has 6 nitrogen and oxygen atoms in total. The number of ether oxygens (including phenoxy) is 2. The Labute approximate surface area is 148 Å². The molecule has 1 aliphatic rings. The molecule has 0 unspecified atom stereocenters. The number of carbonyl (C=O) groups excluding carboxylic acids is 1. The number of carboxylic acids is 1. The first kappa shape index (κ1) is 19.1. The lowest BCUT2D eigenvalue weighted by atomic mass is 9.86. The number of rotatable bonds is 9. The van der Waals surface area contributed by atoms with Gasteiger partial charge in [-0.25, -0.2) is 0 Å². The molecule has 1 aromatic rings. The number of amides is 1. The molecule has 0 aliphatic heterocycles. The molecule has 0 atom stereocenters. The lowest BCUT2D eigenvalue weighted by molar-refractivity contribution is -0.142. The highest BCUT2D eigenvalue weighted by Crippen LogP contribution is 2.26. The third kappa shape index (κ3) is 6.29. The van der Waals surface area contributed by atoms with Gasteiger partial charge in [0.05, 0.1) is 19.1 Å². The number of aliphatic carboxylic acids is 1. The van der Waals surface area contributed by atoms with Crippen LogP contribution in [0.5, 0.6) is 11.5 Å². The average molecular weight is 349 g/mol. The Balaban J connectivity index is 1.64. The monoisotopic (exact) mass is 349 g/mol. The van der Waals surface area contributed by atoms with Crippen molar-refractivity contribution in [1.29, 1.82) is 0 Å². The van der Waals surface area contributed by atoms with E-state index in [0.717, 1.165) is 12.8 Å². The van der Waals surface area contributed by atoms with Crippen molar-refractivity contribution in [2.75, 3.05) is 13.2 Å². The Kier molecular flexibility index (Phi) is 7.57. The van der Waals surface area contributed by atoms with Gasteiger partial charge in [0.15, 0.2) is 11.5 Å². The Morgan fingerprint density at radius 3 is 2.36 bits per heavy atom. The molecule has 6 heteroatoms. The maximum atomic E-state index is 12.0. The number of benzene rings is 1. The van der Waals surface area contributed by atoms with Gasteiger partial charge in [-0.3, -0.25) is 9.59 Å². The van der Waals surface area contributed by atoms with Gasteiger partial charge in [0.1, 0.15) is 0 Å². The van der Waals surface area contributed by atoms with Crippen molar-refractivity contribution in [3.05, 3.63) is 24.3 Å². The average Bonchev–Trinajstić information content (AvgIpc) is 2.61. The van der Waals surface area contributed by atoms with E-state index in [1.54, 1.807) is 0 Å². The molecule has 0 radical (unpaired) electrons. The van der Waals surface area contributed by atoms with Crippen LogP contribution in [0.4, 0.5) is 0 Å². The van der Waals surface area contributed by atoms with Crippen LogP contribution in [0.25, 0.3) is 0 Å². The lowest BCUT2D eigenvalue weighted by Crippen LogP contribution is -2.38. The second-order valence-corrected chi connectivity index (χ2v) is 6.29. The van der Waals surface area contributed by atoms with Gasteiger partial charge in [-0.05, 0) is 51.2 Å². The summed E-state index contributed by atoms with van der Waals surface area (Å²) in [4.78, 5) is 22.9. The number of nitrogens with one attached hydrogen (secondary N) is 1. The van der Waals surface area contributed by atoms with E-state index in [2.05, 4.69) is 5.32 Å². The van der Waals surface area contributed by atoms with Crippen LogP contribution in [-0.4, -0.2) is 36.2 Å². The van der Waals surface area contributed by atoms with Crippen molar-refractivity contribution in [3.8, 4) is 11.5 Å². The highest BCUT2D eigenvalue weighted by atomic mass is 16.5. The predicted molar refractivity (Wildman–Crippen MR) is 93.9 cm³/mol. The van der Waals surface area contributed by atoms with Gasteiger partial charge in [-0.2, -0.15) is 0 Å². The van der Waals surface area contributed by atoms with Gasteiger partial charge in [0.25, 0.3) is 0 Å². The Hall–Kier alpha value is -2.24. The standard InChI is InChI=1S/C19H27NO5/c1-2-24-16-6-3-4-7-17(16)25-13-5-8-18(21)20-15-11-9-14(10-12-15)19(22)23/h3-4,6-7,14-15H,2,5,8-13H2,1H3,(H,20,21)(H,22,23). The SMILES string of the molecule is CCOc1ccccc1OCCCC(=O)NC1CCC(C(=O)O)CC1. The van der Waals surface area contributed by atoms with Gasteiger partial charge in [0, 0.05) is 12.5 Å². The normalized spacial score (nSPS) is 19.9. The Morgan fingerprint density at radius 1 is 1.12 bits per heavy atom. The van der Waals surface area contributed by atoms with E-state index in [-0.39, 0.29) is 17.9 Å². The van der Waals surface area contributed by atoms with Gasteiger partial charge in [0.2, 0.25) is 5.91 Å². The molecule has 2 rings (SSSR count). The van der Waals surface area contributed by atoms with Crippen LogP contribution < -0.4 is 14.8 Å². The third-order valence-electron chi connectivity index (χ3n) is 4.40. The molecule has 0 spiro atoms. The molecule has 0 bridgehead atoms. The van der Waals surface area contributed by atoms with Crippen LogP contribution in [0, 0.1) is 5.92 Å². The molecular weight excluding hydrogens is 322 g/mol. The largest absolute Gasteiger partial charge is 0.490 e. The second-order valence-electron chi connectivity index (χ2n) is 6.29. The topological polar surface area (TPSA) is 84.9 Å². The first-order chi connectivity index (χ1) is 12.1. The molecule has 1 saturated carbocycles. The summed E-state index contributed by atoms with van der Waals surface area (Å²) >= 11 is 0. The van der Waals surface area contributed by atoms with Crippen molar-refractivity contribution in [1.82, 2.24) is 5.32 Å². The van der Waals surface area contributed by atoms with Gasteiger partial charge >= 0.3 is 5.97 Å². The summed E-state index contributed by atoms with van der Waals surface area (Å²) in [6.07, 6.45) is 3.77. The molecule has 0 heterocycles. The minimum Gasteiger partial charge on any atom is -0.490 e. The number of hydrogen-bond donors (Lipinski definition) is 2. The molecule has 1 amide bonds. The van der Waals surface area contributed by atoms with Crippen LogP contribution in [-0.2, 0) is 9.59 Å². The van der Waals surface area contributed by atoms with Gasteiger partial charge in [-0.15, -0.1) is 0 Å². The van der Waals surface area contributed by atoms with Crippen molar-refractivity contribution >= 4 is 11.9 Å². The van der Waals surface area contributed by atoms with E-state index in [1.807, 2.05) is 31.2 Å². The maximum Gasteiger partial charge on any atom is 0.306 e. The van der Waals surface area contributed by atoms with Gasteiger partial charge < -0.3 is 19.9 Å². The van der Waals surface area contributed by atoms with Crippen molar-refractivity contribution in [2.24, 2.45) is 5.92 Å². The lowest BCUT2D eigenvalue weighted by Gasteiger charge is -2.26. The summed E-state index contributed by atoms with van der Waals surface area (Å²) in [5.74, 6) is 0.420. The molecule has 0 aromatic heterocycles. The molecule has 138 valence electrons. The minimum absolute atomic E-state index is 0.000434. The van der Waals surface area contributed by atoms with Crippen LogP contribution in [0.1, 0.15) is 45.4 Å².